The van der Waals surface area contributed by atoms with E-state index in [-0.39, 0.29) is 18.4 Å². The van der Waals surface area contributed by atoms with Gasteiger partial charge in [-0.25, -0.2) is 0 Å². The second kappa shape index (κ2) is 10.2. The first-order valence-corrected chi connectivity index (χ1v) is 10.3. The zero-order valence-corrected chi connectivity index (χ0v) is 17.6. The van der Waals surface area contributed by atoms with Crippen LogP contribution in [0, 0.1) is 0 Å². The summed E-state index contributed by atoms with van der Waals surface area (Å²) in [5.74, 6) is 0.356. The molecule has 0 aliphatic carbocycles. The van der Waals surface area contributed by atoms with Gasteiger partial charge < -0.3 is 14.8 Å². The van der Waals surface area contributed by atoms with Crippen molar-refractivity contribution in [3.8, 4) is 11.5 Å². The number of hydrogen-bond donors (Lipinski definition) is 1. The third-order valence-corrected chi connectivity index (χ3v) is 4.77. The number of aromatic nitrogens is 2. The molecule has 8 nitrogen and oxygen atoms in total. The molecule has 1 N–H and O–H groups in total. The monoisotopic (exact) mass is 443 g/mol. The summed E-state index contributed by atoms with van der Waals surface area (Å²) >= 11 is 0. The molecule has 0 aliphatic rings. The summed E-state index contributed by atoms with van der Waals surface area (Å²) in [5.41, 5.74) is 1.01. The highest BCUT2D eigenvalue weighted by Crippen LogP contribution is 2.22. The van der Waals surface area contributed by atoms with Crippen LogP contribution in [-0.4, -0.2) is 28.3 Å². The van der Waals surface area contributed by atoms with Gasteiger partial charge in [0.05, 0.1) is 24.7 Å². The third-order valence-electron chi connectivity index (χ3n) is 4.77. The highest BCUT2D eigenvalue weighted by Gasteiger charge is 2.10. The molecule has 0 aliphatic heterocycles. The molecular formula is C25H21N3O5. The van der Waals surface area contributed by atoms with Crippen LogP contribution in [-0.2, 0) is 20.9 Å². The number of carbonyl (C=O) groups is 2. The summed E-state index contributed by atoms with van der Waals surface area (Å²) in [5, 5.41) is 7.27. The highest BCUT2D eigenvalue weighted by atomic mass is 16.5. The van der Waals surface area contributed by atoms with Crippen LogP contribution in [0.5, 0.6) is 11.5 Å². The first-order chi connectivity index (χ1) is 16.1. The summed E-state index contributed by atoms with van der Waals surface area (Å²) in [6.45, 7) is -0.177. The molecule has 166 valence electrons. The summed E-state index contributed by atoms with van der Waals surface area (Å²) in [7, 11) is 0. The van der Waals surface area contributed by atoms with Crippen molar-refractivity contribution < 1.29 is 19.1 Å². The van der Waals surface area contributed by atoms with Gasteiger partial charge >= 0.3 is 5.97 Å². The van der Waals surface area contributed by atoms with E-state index >= 15 is 0 Å². The van der Waals surface area contributed by atoms with E-state index in [4.69, 9.17) is 9.47 Å². The number of para-hydroxylation sites is 2. The van der Waals surface area contributed by atoms with Gasteiger partial charge in [0.25, 0.3) is 5.91 Å². The summed E-state index contributed by atoms with van der Waals surface area (Å²) in [6, 6.07) is 23.3. The van der Waals surface area contributed by atoms with Crippen molar-refractivity contribution in [1.29, 1.82) is 0 Å². The highest BCUT2D eigenvalue weighted by molar-refractivity contribution is 5.92. The topological polar surface area (TPSA) is 99.5 Å². The van der Waals surface area contributed by atoms with Gasteiger partial charge in [-0.2, -0.15) is 5.10 Å². The van der Waals surface area contributed by atoms with E-state index in [1.54, 1.807) is 53.2 Å². The lowest BCUT2D eigenvalue weighted by Crippen LogP contribution is -2.22. The average molecular weight is 443 g/mol. The maximum atomic E-state index is 12.1. The molecule has 3 aromatic carbocycles. The maximum Gasteiger partial charge on any atom is 0.308 e. The molecule has 0 bridgehead atoms. The number of carbonyl (C=O) groups excluding carboxylic acids is 2. The van der Waals surface area contributed by atoms with E-state index in [0.717, 1.165) is 0 Å². The van der Waals surface area contributed by atoms with E-state index < -0.39 is 18.5 Å². The van der Waals surface area contributed by atoms with Crippen molar-refractivity contribution in [2.24, 2.45) is 0 Å². The molecule has 1 amide bonds. The molecule has 33 heavy (non-hydrogen) atoms. The normalized spacial score (nSPS) is 10.5. The Morgan fingerprint density at radius 1 is 0.879 bits per heavy atom. The molecule has 0 saturated carbocycles. The minimum Gasteiger partial charge on any atom is -0.457 e. The Hall–Kier alpha value is -4.46. The minimum atomic E-state index is -0.540. The molecule has 0 fully saturated rings. The van der Waals surface area contributed by atoms with Crippen LogP contribution >= 0.6 is 0 Å². The lowest BCUT2D eigenvalue weighted by Gasteiger charge is -2.10. The summed E-state index contributed by atoms with van der Waals surface area (Å²) < 4.78 is 12.3. The zero-order chi connectivity index (χ0) is 23.0. The number of nitrogens with one attached hydrogen (secondary N) is 1. The van der Waals surface area contributed by atoms with Crippen molar-refractivity contribution >= 4 is 28.5 Å². The van der Waals surface area contributed by atoms with E-state index in [9.17, 15) is 14.4 Å². The quantitative estimate of drug-likeness (QED) is 0.416. The number of aryl methyl sites for hydroxylation is 1. The van der Waals surface area contributed by atoms with Gasteiger partial charge in [0.15, 0.2) is 6.61 Å². The molecule has 0 radical (unpaired) electrons. The fourth-order valence-electron chi connectivity index (χ4n) is 3.18. The number of nitrogens with zero attached hydrogens (tertiary/aromatic N) is 2. The standard InChI is InChI=1S/C25H21N3O5/c29-23-16-26-28(22-9-5-4-8-21(22)23)15-14-25(31)32-17-24(30)27-18-10-12-20(13-11-18)33-19-6-2-1-3-7-19/h1-13,16H,14-15,17H2,(H,27,30). The lowest BCUT2D eigenvalue weighted by molar-refractivity contribution is -0.147. The number of hydrogen-bond acceptors (Lipinski definition) is 6. The largest absolute Gasteiger partial charge is 0.457 e. The van der Waals surface area contributed by atoms with Crippen LogP contribution in [0.2, 0.25) is 0 Å². The number of fused-ring (bicyclic) bond motifs is 1. The van der Waals surface area contributed by atoms with Crippen LogP contribution < -0.4 is 15.5 Å². The second-order valence-electron chi connectivity index (χ2n) is 7.15. The van der Waals surface area contributed by atoms with Crippen LogP contribution in [0.15, 0.2) is 89.9 Å². The number of anilines is 1. The van der Waals surface area contributed by atoms with Gasteiger partial charge in [0.1, 0.15) is 11.5 Å². The molecule has 4 rings (SSSR count). The van der Waals surface area contributed by atoms with E-state index in [1.807, 2.05) is 30.3 Å². The van der Waals surface area contributed by atoms with Crippen molar-refractivity contribution in [3.63, 3.8) is 0 Å². The predicted molar refractivity (Wildman–Crippen MR) is 123 cm³/mol. The first-order valence-electron chi connectivity index (χ1n) is 10.3. The second-order valence-corrected chi connectivity index (χ2v) is 7.15. The van der Waals surface area contributed by atoms with E-state index in [1.165, 1.54) is 6.20 Å². The Labute approximate surface area is 189 Å². The Morgan fingerprint density at radius 2 is 1.58 bits per heavy atom. The molecule has 0 saturated heterocycles. The van der Waals surface area contributed by atoms with E-state index in [0.29, 0.717) is 28.1 Å². The molecule has 1 heterocycles. The van der Waals surface area contributed by atoms with Crippen molar-refractivity contribution in [2.75, 3.05) is 11.9 Å². The van der Waals surface area contributed by atoms with Gasteiger partial charge in [-0.1, -0.05) is 30.3 Å². The zero-order valence-electron chi connectivity index (χ0n) is 17.6. The van der Waals surface area contributed by atoms with Gasteiger partial charge in [0, 0.05) is 11.1 Å². The Kier molecular flexibility index (Phi) is 6.75. The Balaban J connectivity index is 1.24. The summed E-state index contributed by atoms with van der Waals surface area (Å²) in [6.07, 6.45) is 1.23. The first kappa shape index (κ1) is 21.8. The van der Waals surface area contributed by atoms with Gasteiger partial charge in [-0.3, -0.25) is 19.1 Å². The van der Waals surface area contributed by atoms with Crippen molar-refractivity contribution in [2.45, 2.75) is 13.0 Å². The molecule has 4 aromatic rings. The molecule has 1 aromatic heterocycles. The van der Waals surface area contributed by atoms with E-state index in [2.05, 4.69) is 10.4 Å². The SMILES string of the molecule is O=C(COC(=O)CCn1ncc(=O)c2ccccc21)Nc1ccc(Oc2ccccc2)cc1. The van der Waals surface area contributed by atoms with Crippen LogP contribution in [0.1, 0.15) is 6.42 Å². The van der Waals surface area contributed by atoms with Gasteiger partial charge in [0.2, 0.25) is 5.43 Å². The number of benzene rings is 3. The fraction of sp³-hybridized carbons (Fsp3) is 0.120. The van der Waals surface area contributed by atoms with Crippen LogP contribution in [0.3, 0.4) is 0 Å². The number of amides is 1. The molecule has 0 unspecified atom stereocenters. The van der Waals surface area contributed by atoms with Gasteiger partial charge in [-0.15, -0.1) is 0 Å². The fourth-order valence-corrected chi connectivity index (χ4v) is 3.18. The Bertz CT molecular complexity index is 1320. The third kappa shape index (κ3) is 5.82. The summed E-state index contributed by atoms with van der Waals surface area (Å²) in [4.78, 5) is 36.1. The number of rotatable bonds is 8. The smallest absolute Gasteiger partial charge is 0.308 e. The minimum absolute atomic E-state index is 0.0126. The van der Waals surface area contributed by atoms with Crippen molar-refractivity contribution in [1.82, 2.24) is 9.78 Å². The maximum absolute atomic E-state index is 12.1. The number of esters is 1. The molecular weight excluding hydrogens is 422 g/mol. The van der Waals surface area contributed by atoms with Gasteiger partial charge in [-0.05, 0) is 48.5 Å². The van der Waals surface area contributed by atoms with Crippen molar-refractivity contribution in [3.05, 3.63) is 95.3 Å². The lowest BCUT2D eigenvalue weighted by atomic mass is 10.2. The van der Waals surface area contributed by atoms with Crippen LogP contribution in [0.4, 0.5) is 5.69 Å². The Morgan fingerprint density at radius 3 is 2.36 bits per heavy atom. The molecule has 0 atom stereocenters. The van der Waals surface area contributed by atoms with Crippen LogP contribution in [0.25, 0.3) is 10.9 Å². The average Bonchev–Trinajstić information content (AvgIpc) is 2.84. The predicted octanol–water partition coefficient (Wildman–Crippen LogP) is 3.76. The molecule has 8 heteroatoms. The number of ether oxygens (including phenoxy) is 2. The molecule has 0 spiro atoms.